The normalized spacial score (nSPS) is 12.2. The van der Waals surface area contributed by atoms with Crippen LogP contribution in [0.1, 0.15) is 23.5 Å². The fourth-order valence-corrected chi connectivity index (χ4v) is 1.57. The lowest BCUT2D eigenvalue weighted by Crippen LogP contribution is -1.97. The lowest BCUT2D eigenvalue weighted by molar-refractivity contribution is 0.866. The van der Waals surface area contributed by atoms with Gasteiger partial charge in [0.05, 0.1) is 5.56 Å². The highest BCUT2D eigenvalue weighted by Crippen LogP contribution is 2.24. The highest BCUT2D eigenvalue weighted by molar-refractivity contribution is 6.25. The van der Waals surface area contributed by atoms with Gasteiger partial charge < -0.3 is 5.73 Å². The Labute approximate surface area is 101 Å². The highest BCUT2D eigenvalue weighted by atomic mass is 35.5. The molecule has 0 heterocycles. The van der Waals surface area contributed by atoms with Crippen LogP contribution < -0.4 is 5.73 Å². The van der Waals surface area contributed by atoms with E-state index in [0.29, 0.717) is 11.3 Å². The number of nitriles is 1. The first-order valence-electron chi connectivity index (χ1n) is 4.90. The number of hydrogen-bond acceptors (Lipinski definition) is 2. The van der Waals surface area contributed by atoms with Gasteiger partial charge in [0.2, 0.25) is 0 Å². The molecule has 1 aromatic carbocycles. The van der Waals surface area contributed by atoms with E-state index < -0.39 is 0 Å². The fourth-order valence-electron chi connectivity index (χ4n) is 1.47. The van der Waals surface area contributed by atoms with Crippen molar-refractivity contribution in [1.29, 1.82) is 5.26 Å². The first kappa shape index (κ1) is 12.4. The Morgan fingerprint density at radius 1 is 1.56 bits per heavy atom. The maximum atomic E-state index is 8.88. The lowest BCUT2D eigenvalue weighted by Gasteiger charge is -2.11. The summed E-state index contributed by atoms with van der Waals surface area (Å²) in [5.74, 6) is 0.155. The van der Waals surface area contributed by atoms with Crippen LogP contribution in [0.15, 0.2) is 42.5 Å². The van der Waals surface area contributed by atoms with Crippen LogP contribution in [0.4, 0.5) is 5.69 Å². The molecule has 1 aromatic rings. The van der Waals surface area contributed by atoms with Crippen molar-refractivity contribution in [3.05, 3.63) is 53.6 Å². The molecule has 16 heavy (non-hydrogen) atoms. The molecule has 0 aliphatic heterocycles. The molecule has 3 heteroatoms. The van der Waals surface area contributed by atoms with E-state index in [1.165, 1.54) is 5.54 Å². The third-order valence-corrected chi connectivity index (χ3v) is 2.57. The number of benzene rings is 1. The van der Waals surface area contributed by atoms with Crippen molar-refractivity contribution >= 4 is 17.3 Å². The standard InChI is InChI=1S/C13H13ClN2/c1-2-10(4-3-7-14)11-5-6-13(16)12(8-11)9-15/h2-3,5-8,10H,1,4,16H2/b7-3+. The van der Waals surface area contributed by atoms with Crippen molar-refractivity contribution in [2.45, 2.75) is 12.3 Å². The first-order chi connectivity index (χ1) is 7.72. The van der Waals surface area contributed by atoms with Crippen LogP contribution in [0.5, 0.6) is 0 Å². The largest absolute Gasteiger partial charge is 0.398 e. The molecule has 0 amide bonds. The van der Waals surface area contributed by atoms with Gasteiger partial charge in [0, 0.05) is 17.1 Å². The summed E-state index contributed by atoms with van der Waals surface area (Å²) in [5, 5.41) is 8.88. The topological polar surface area (TPSA) is 49.8 Å². The van der Waals surface area contributed by atoms with Gasteiger partial charge in [0.25, 0.3) is 0 Å². The van der Waals surface area contributed by atoms with Crippen LogP contribution in [-0.2, 0) is 0 Å². The summed E-state index contributed by atoms with van der Waals surface area (Å²) in [5.41, 5.74) is 9.17. The SMILES string of the molecule is C=CC(C/C=C/Cl)c1ccc(N)c(C#N)c1. The number of nitrogens with two attached hydrogens (primary N) is 1. The van der Waals surface area contributed by atoms with Crippen molar-refractivity contribution in [3.63, 3.8) is 0 Å². The van der Waals surface area contributed by atoms with E-state index in [0.717, 1.165) is 12.0 Å². The van der Waals surface area contributed by atoms with Gasteiger partial charge in [0.1, 0.15) is 6.07 Å². The highest BCUT2D eigenvalue weighted by Gasteiger charge is 2.08. The molecule has 0 bridgehead atoms. The quantitative estimate of drug-likeness (QED) is 0.638. The van der Waals surface area contributed by atoms with E-state index in [9.17, 15) is 0 Å². The Morgan fingerprint density at radius 2 is 2.31 bits per heavy atom. The zero-order valence-corrected chi connectivity index (χ0v) is 9.61. The van der Waals surface area contributed by atoms with Gasteiger partial charge in [-0.25, -0.2) is 0 Å². The second-order valence-electron chi connectivity index (χ2n) is 3.40. The monoisotopic (exact) mass is 232 g/mol. The van der Waals surface area contributed by atoms with Gasteiger partial charge in [-0.05, 0) is 24.1 Å². The summed E-state index contributed by atoms with van der Waals surface area (Å²) >= 11 is 5.49. The Bertz CT molecular complexity index is 444. The average Bonchev–Trinajstić information content (AvgIpc) is 2.32. The lowest BCUT2D eigenvalue weighted by atomic mass is 9.94. The molecule has 1 rings (SSSR count). The molecule has 2 nitrogen and oxygen atoms in total. The Kier molecular flexibility index (Phi) is 4.63. The predicted octanol–water partition coefficient (Wildman–Crippen LogP) is 3.55. The van der Waals surface area contributed by atoms with E-state index in [1.54, 1.807) is 12.1 Å². The molecule has 0 aliphatic carbocycles. The van der Waals surface area contributed by atoms with Crippen molar-refractivity contribution in [1.82, 2.24) is 0 Å². The molecule has 0 fully saturated rings. The zero-order valence-electron chi connectivity index (χ0n) is 8.86. The molecule has 2 N–H and O–H groups in total. The summed E-state index contributed by atoms with van der Waals surface area (Å²) < 4.78 is 0. The van der Waals surface area contributed by atoms with Gasteiger partial charge >= 0.3 is 0 Å². The van der Waals surface area contributed by atoms with Crippen LogP contribution in [-0.4, -0.2) is 0 Å². The van der Waals surface area contributed by atoms with Crippen molar-refractivity contribution in [3.8, 4) is 6.07 Å². The van der Waals surface area contributed by atoms with E-state index in [4.69, 9.17) is 22.6 Å². The van der Waals surface area contributed by atoms with Crippen LogP contribution in [0.2, 0.25) is 0 Å². The molecule has 0 aromatic heterocycles. The maximum absolute atomic E-state index is 8.88. The molecule has 1 atom stereocenters. The molecular weight excluding hydrogens is 220 g/mol. The second kappa shape index (κ2) is 5.99. The molecule has 82 valence electrons. The van der Waals surface area contributed by atoms with Crippen molar-refractivity contribution < 1.29 is 0 Å². The number of nitrogen functional groups attached to an aromatic ring is 1. The van der Waals surface area contributed by atoms with Gasteiger partial charge in [-0.2, -0.15) is 5.26 Å². The van der Waals surface area contributed by atoms with Crippen LogP contribution >= 0.6 is 11.6 Å². The molecule has 0 aliphatic rings. The van der Waals surface area contributed by atoms with Gasteiger partial charge in [0.15, 0.2) is 0 Å². The van der Waals surface area contributed by atoms with E-state index in [1.807, 2.05) is 18.2 Å². The molecular formula is C13H13ClN2. The minimum absolute atomic E-state index is 0.155. The van der Waals surface area contributed by atoms with Crippen LogP contribution in [0, 0.1) is 11.3 Å². The van der Waals surface area contributed by atoms with E-state index >= 15 is 0 Å². The van der Waals surface area contributed by atoms with Gasteiger partial charge in [-0.15, -0.1) is 6.58 Å². The summed E-state index contributed by atoms with van der Waals surface area (Å²) in [6, 6.07) is 7.51. The average molecular weight is 233 g/mol. The molecule has 0 radical (unpaired) electrons. The second-order valence-corrected chi connectivity index (χ2v) is 3.65. The number of allylic oxidation sites excluding steroid dienone is 2. The molecule has 0 saturated heterocycles. The molecule has 0 saturated carbocycles. The molecule has 1 unspecified atom stereocenters. The first-order valence-corrected chi connectivity index (χ1v) is 5.34. The molecule has 0 spiro atoms. The summed E-state index contributed by atoms with van der Waals surface area (Å²) in [4.78, 5) is 0. The van der Waals surface area contributed by atoms with Crippen molar-refractivity contribution in [2.24, 2.45) is 0 Å². The number of hydrogen-bond donors (Lipinski definition) is 1. The smallest absolute Gasteiger partial charge is 0.101 e. The number of nitrogens with zero attached hydrogens (tertiary/aromatic N) is 1. The number of halogens is 1. The van der Waals surface area contributed by atoms with E-state index in [2.05, 4.69) is 12.6 Å². The van der Waals surface area contributed by atoms with Crippen molar-refractivity contribution in [2.75, 3.05) is 5.73 Å². The maximum Gasteiger partial charge on any atom is 0.101 e. The summed E-state index contributed by atoms with van der Waals surface area (Å²) in [7, 11) is 0. The minimum Gasteiger partial charge on any atom is -0.398 e. The third kappa shape index (κ3) is 2.88. The number of rotatable bonds is 4. The van der Waals surface area contributed by atoms with Crippen LogP contribution in [0.3, 0.4) is 0 Å². The van der Waals surface area contributed by atoms with E-state index in [-0.39, 0.29) is 5.92 Å². The Balaban J connectivity index is 3.02. The van der Waals surface area contributed by atoms with Gasteiger partial charge in [-0.1, -0.05) is 29.8 Å². The summed E-state index contributed by atoms with van der Waals surface area (Å²) in [6.45, 7) is 3.78. The third-order valence-electron chi connectivity index (χ3n) is 2.39. The minimum atomic E-state index is 0.155. The van der Waals surface area contributed by atoms with Gasteiger partial charge in [-0.3, -0.25) is 0 Å². The predicted molar refractivity (Wildman–Crippen MR) is 68.1 cm³/mol. The number of anilines is 1. The zero-order chi connectivity index (χ0) is 12.0. The van der Waals surface area contributed by atoms with Crippen LogP contribution in [0.25, 0.3) is 0 Å². The Morgan fingerprint density at radius 3 is 2.88 bits per heavy atom. The fraction of sp³-hybridized carbons (Fsp3) is 0.154. The summed E-state index contributed by atoms with van der Waals surface area (Å²) in [6.07, 6.45) is 4.46. The Hall–Kier alpha value is -1.72.